The zero-order chi connectivity index (χ0) is 19.8. The Labute approximate surface area is 168 Å². The van der Waals surface area contributed by atoms with Crippen molar-refractivity contribution in [2.75, 3.05) is 13.6 Å². The predicted molar refractivity (Wildman–Crippen MR) is 113 cm³/mol. The lowest BCUT2D eigenvalue weighted by molar-refractivity contribution is 0.222. The number of hydrogen-bond acceptors (Lipinski definition) is 2. The monoisotopic (exact) mass is 380 g/mol. The fraction of sp³-hybridized carbons (Fsp3) is 0.458. The largest absolute Gasteiger partial charge is 0.293 e. The molecule has 0 spiro atoms. The second-order valence-corrected chi connectivity index (χ2v) is 8.76. The lowest BCUT2D eigenvalue weighted by atomic mass is 9.78. The molecule has 0 aromatic heterocycles. The molecule has 0 radical (unpaired) electrons. The first-order valence-electron chi connectivity index (χ1n) is 9.87. The Kier molecular flexibility index (Phi) is 5.65. The Morgan fingerprint density at radius 1 is 1.04 bits per heavy atom. The number of likely N-dealkylation sites (tertiary alicyclic amines) is 1. The Morgan fingerprint density at radius 3 is 2.19 bits per heavy atom. The molecule has 1 saturated heterocycles. The van der Waals surface area contributed by atoms with Crippen LogP contribution in [0.25, 0.3) is 0 Å². The van der Waals surface area contributed by atoms with Crippen molar-refractivity contribution in [2.24, 2.45) is 0 Å². The van der Waals surface area contributed by atoms with Gasteiger partial charge in [-0.25, -0.2) is 0 Å². The third kappa shape index (κ3) is 3.40. The van der Waals surface area contributed by atoms with Crippen molar-refractivity contribution in [1.29, 1.82) is 5.26 Å². The minimum Gasteiger partial charge on any atom is -0.293 e. The van der Waals surface area contributed by atoms with E-state index in [9.17, 15) is 5.26 Å². The van der Waals surface area contributed by atoms with Crippen LogP contribution in [0.3, 0.4) is 0 Å². The van der Waals surface area contributed by atoms with Gasteiger partial charge in [0.25, 0.3) is 0 Å². The first kappa shape index (κ1) is 19.9. The van der Waals surface area contributed by atoms with E-state index in [1.165, 1.54) is 11.1 Å². The molecule has 1 fully saturated rings. The molecule has 3 rings (SSSR count). The van der Waals surface area contributed by atoms with Crippen molar-refractivity contribution in [3.05, 3.63) is 69.2 Å². The normalized spacial score (nSPS) is 20.4. The van der Waals surface area contributed by atoms with E-state index in [0.717, 1.165) is 30.5 Å². The van der Waals surface area contributed by atoms with Crippen molar-refractivity contribution >= 4 is 11.6 Å². The van der Waals surface area contributed by atoms with Crippen LogP contribution in [0.5, 0.6) is 0 Å². The SMILES string of the molecule is CC(C)c1ccc(C2(c3cc(Cl)c(C(C)C)c(C#N)c3)CCCN2C)cc1. The van der Waals surface area contributed by atoms with E-state index in [1.807, 2.05) is 0 Å². The van der Waals surface area contributed by atoms with Gasteiger partial charge in [0.05, 0.1) is 17.2 Å². The molecule has 2 aromatic carbocycles. The molecule has 3 heteroatoms. The van der Waals surface area contributed by atoms with Gasteiger partial charge in [0.15, 0.2) is 0 Å². The molecule has 0 N–H and O–H groups in total. The molecule has 0 bridgehead atoms. The maximum atomic E-state index is 9.75. The van der Waals surface area contributed by atoms with E-state index in [1.54, 1.807) is 0 Å². The first-order valence-corrected chi connectivity index (χ1v) is 10.2. The number of hydrogen-bond donors (Lipinski definition) is 0. The molecule has 27 heavy (non-hydrogen) atoms. The molecule has 0 amide bonds. The molecule has 1 aliphatic rings. The van der Waals surface area contributed by atoms with Crippen molar-refractivity contribution < 1.29 is 0 Å². The Hall–Kier alpha value is -1.82. The van der Waals surface area contributed by atoms with E-state index in [2.05, 4.69) is 82.1 Å². The smallest absolute Gasteiger partial charge is 0.0995 e. The lowest BCUT2D eigenvalue weighted by Crippen LogP contribution is -2.39. The van der Waals surface area contributed by atoms with Crippen LogP contribution in [-0.2, 0) is 5.54 Å². The second kappa shape index (κ2) is 7.66. The van der Waals surface area contributed by atoms with Gasteiger partial charge in [-0.15, -0.1) is 0 Å². The van der Waals surface area contributed by atoms with E-state index in [-0.39, 0.29) is 11.5 Å². The maximum Gasteiger partial charge on any atom is 0.0995 e. The van der Waals surface area contributed by atoms with Crippen LogP contribution in [-0.4, -0.2) is 18.5 Å². The fourth-order valence-electron chi connectivity index (χ4n) is 4.53. The summed E-state index contributed by atoms with van der Waals surface area (Å²) in [6.45, 7) is 9.65. The summed E-state index contributed by atoms with van der Waals surface area (Å²) in [6.07, 6.45) is 2.17. The summed E-state index contributed by atoms with van der Waals surface area (Å²) in [6, 6.07) is 15.5. The molecule has 142 valence electrons. The molecule has 1 unspecified atom stereocenters. The Morgan fingerprint density at radius 2 is 1.70 bits per heavy atom. The topological polar surface area (TPSA) is 27.0 Å². The van der Waals surface area contributed by atoms with Crippen molar-refractivity contribution in [2.45, 2.75) is 57.9 Å². The minimum absolute atomic E-state index is 0.222. The van der Waals surface area contributed by atoms with Crippen LogP contribution in [0.2, 0.25) is 5.02 Å². The molecule has 0 saturated carbocycles. The van der Waals surface area contributed by atoms with Crippen LogP contribution in [0, 0.1) is 11.3 Å². The molecule has 1 aliphatic heterocycles. The number of rotatable bonds is 4. The molecule has 1 atom stereocenters. The fourth-order valence-corrected chi connectivity index (χ4v) is 4.97. The van der Waals surface area contributed by atoms with Crippen LogP contribution in [0.15, 0.2) is 36.4 Å². The van der Waals surface area contributed by atoms with Gasteiger partial charge in [-0.3, -0.25) is 4.90 Å². The summed E-state index contributed by atoms with van der Waals surface area (Å²) in [7, 11) is 2.18. The van der Waals surface area contributed by atoms with Crippen molar-refractivity contribution in [1.82, 2.24) is 4.90 Å². The third-order valence-electron chi connectivity index (χ3n) is 6.04. The quantitative estimate of drug-likeness (QED) is 0.611. The first-order chi connectivity index (χ1) is 12.8. The van der Waals surface area contributed by atoms with E-state index >= 15 is 0 Å². The van der Waals surface area contributed by atoms with Gasteiger partial charge in [0, 0.05) is 5.02 Å². The summed E-state index contributed by atoms with van der Waals surface area (Å²) < 4.78 is 0. The number of benzene rings is 2. The van der Waals surface area contributed by atoms with E-state index in [4.69, 9.17) is 11.6 Å². The highest BCUT2D eigenvalue weighted by molar-refractivity contribution is 6.31. The van der Waals surface area contributed by atoms with E-state index < -0.39 is 0 Å². The summed E-state index contributed by atoms with van der Waals surface area (Å²) in [5, 5.41) is 10.5. The lowest BCUT2D eigenvalue weighted by Gasteiger charge is -2.38. The summed E-state index contributed by atoms with van der Waals surface area (Å²) in [5.41, 5.74) is 5.19. The third-order valence-corrected chi connectivity index (χ3v) is 6.36. The molecule has 2 nitrogen and oxygen atoms in total. The zero-order valence-corrected chi connectivity index (χ0v) is 17.8. The van der Waals surface area contributed by atoms with Gasteiger partial charge in [0.2, 0.25) is 0 Å². The van der Waals surface area contributed by atoms with E-state index in [0.29, 0.717) is 16.5 Å². The van der Waals surface area contributed by atoms with Crippen molar-refractivity contribution in [3.63, 3.8) is 0 Å². The van der Waals surface area contributed by atoms with Crippen LogP contribution < -0.4 is 0 Å². The number of nitrogens with zero attached hydrogens (tertiary/aromatic N) is 2. The zero-order valence-electron chi connectivity index (χ0n) is 17.0. The van der Waals surface area contributed by atoms with Gasteiger partial charge in [0.1, 0.15) is 0 Å². The highest BCUT2D eigenvalue weighted by Gasteiger charge is 2.42. The van der Waals surface area contributed by atoms with Crippen LogP contribution in [0.1, 0.15) is 80.2 Å². The maximum absolute atomic E-state index is 9.75. The van der Waals surface area contributed by atoms with Gasteiger partial charge in [-0.05, 0) is 72.7 Å². The number of halogens is 1. The molecule has 0 aliphatic carbocycles. The predicted octanol–water partition coefficient (Wildman–Crippen LogP) is 6.43. The molecular formula is C24H29ClN2. The molecule has 1 heterocycles. The minimum atomic E-state index is -0.222. The average molecular weight is 381 g/mol. The average Bonchev–Trinajstić information content (AvgIpc) is 3.03. The van der Waals surface area contributed by atoms with Crippen LogP contribution in [0.4, 0.5) is 0 Å². The van der Waals surface area contributed by atoms with Gasteiger partial charge < -0.3 is 0 Å². The Bertz CT molecular complexity index is 861. The highest BCUT2D eigenvalue weighted by Crippen LogP contribution is 2.46. The summed E-state index contributed by atoms with van der Waals surface area (Å²) in [4.78, 5) is 2.42. The second-order valence-electron chi connectivity index (χ2n) is 8.35. The van der Waals surface area contributed by atoms with Crippen LogP contribution >= 0.6 is 11.6 Å². The highest BCUT2D eigenvalue weighted by atomic mass is 35.5. The summed E-state index contributed by atoms with van der Waals surface area (Å²) >= 11 is 6.68. The Balaban J connectivity index is 2.20. The van der Waals surface area contributed by atoms with Crippen molar-refractivity contribution in [3.8, 4) is 6.07 Å². The van der Waals surface area contributed by atoms with Gasteiger partial charge >= 0.3 is 0 Å². The van der Waals surface area contributed by atoms with Gasteiger partial charge in [-0.2, -0.15) is 5.26 Å². The standard InChI is InChI=1S/C24H29ClN2/c1-16(2)18-7-9-20(10-8-18)24(11-6-12-27(24)5)21-13-19(15-26)23(17(3)4)22(25)14-21/h7-10,13-14,16-17H,6,11-12H2,1-5H3. The van der Waals surface area contributed by atoms with Gasteiger partial charge in [-0.1, -0.05) is 63.6 Å². The number of nitriles is 1. The molecular weight excluding hydrogens is 352 g/mol. The molecule has 2 aromatic rings. The summed E-state index contributed by atoms with van der Waals surface area (Å²) in [5.74, 6) is 0.741.